The molecule has 1 amide bonds. The third-order valence-electron chi connectivity index (χ3n) is 3.86. The van der Waals surface area contributed by atoms with E-state index in [0.717, 1.165) is 15.6 Å². The van der Waals surface area contributed by atoms with Crippen molar-refractivity contribution >= 4 is 39.1 Å². The first kappa shape index (κ1) is 18.1. The molecule has 0 bridgehead atoms. The zero-order chi connectivity index (χ0) is 18.0. The normalized spacial score (nSPS) is 18.6. The van der Waals surface area contributed by atoms with Crippen molar-refractivity contribution in [2.45, 2.75) is 13.1 Å². The highest BCUT2D eigenvalue weighted by molar-refractivity contribution is 9.10. The molecule has 0 saturated carbocycles. The van der Waals surface area contributed by atoms with Gasteiger partial charge in [0.25, 0.3) is 0 Å². The minimum atomic E-state index is -0.456. The quantitative estimate of drug-likeness (QED) is 0.727. The van der Waals surface area contributed by atoms with Gasteiger partial charge >= 0.3 is 0 Å². The summed E-state index contributed by atoms with van der Waals surface area (Å²) in [5, 5.41) is 8.27. The number of hydrogen-bond acceptors (Lipinski definition) is 4. The highest BCUT2D eigenvalue weighted by Crippen LogP contribution is 2.29. The summed E-state index contributed by atoms with van der Waals surface area (Å²) < 4.78 is 0.964. The fourth-order valence-corrected chi connectivity index (χ4v) is 3.09. The summed E-state index contributed by atoms with van der Waals surface area (Å²) in [6.45, 7) is 1.73. The highest BCUT2D eigenvalue weighted by atomic mass is 79.9. The third kappa shape index (κ3) is 4.10. The van der Waals surface area contributed by atoms with Crippen molar-refractivity contribution in [3.63, 3.8) is 0 Å². The average Bonchev–Trinajstić information content (AvgIpc) is 2.75. The van der Waals surface area contributed by atoms with Crippen LogP contribution in [0.25, 0.3) is 0 Å². The van der Waals surface area contributed by atoms with Crippen LogP contribution in [-0.2, 0) is 9.63 Å². The Morgan fingerprint density at radius 1 is 1.28 bits per heavy atom. The summed E-state index contributed by atoms with van der Waals surface area (Å²) in [5.41, 5.74) is 2.37. The van der Waals surface area contributed by atoms with Gasteiger partial charge in [-0.2, -0.15) is 10.2 Å². The van der Waals surface area contributed by atoms with E-state index in [1.54, 1.807) is 18.2 Å². The van der Waals surface area contributed by atoms with Crippen LogP contribution in [0, 0.1) is 0 Å². The van der Waals surface area contributed by atoms with Crippen molar-refractivity contribution in [1.29, 1.82) is 0 Å². The van der Waals surface area contributed by atoms with Crippen LogP contribution in [0.5, 0.6) is 0 Å². The van der Waals surface area contributed by atoms with Gasteiger partial charge in [0.05, 0.1) is 5.71 Å². The van der Waals surface area contributed by atoms with Gasteiger partial charge in [0.15, 0.2) is 6.17 Å². The molecule has 0 unspecified atom stereocenters. The Kier molecular flexibility index (Phi) is 5.54. The van der Waals surface area contributed by atoms with Crippen molar-refractivity contribution in [2.75, 3.05) is 13.7 Å². The van der Waals surface area contributed by atoms with Gasteiger partial charge in [0.1, 0.15) is 6.61 Å². The highest BCUT2D eigenvalue weighted by Gasteiger charge is 2.31. The topological polar surface area (TPSA) is 45.1 Å². The van der Waals surface area contributed by atoms with E-state index in [1.807, 2.05) is 42.5 Å². The number of carbonyl (C=O) groups is 1. The Morgan fingerprint density at radius 2 is 2.00 bits per heavy atom. The minimum absolute atomic E-state index is 0.176. The largest absolute Gasteiger partial charge is 0.290 e. The fourth-order valence-electron chi connectivity index (χ4n) is 2.64. The second-order valence-electron chi connectivity index (χ2n) is 5.67. The molecule has 2 aromatic rings. The molecule has 3 rings (SSSR count). The zero-order valence-electron chi connectivity index (χ0n) is 13.8. The summed E-state index contributed by atoms with van der Waals surface area (Å²) in [5.74, 6) is -0.176. The van der Waals surface area contributed by atoms with Gasteiger partial charge in [-0.05, 0) is 29.8 Å². The van der Waals surface area contributed by atoms with Crippen LogP contribution >= 0.6 is 27.5 Å². The second-order valence-corrected chi connectivity index (χ2v) is 7.02. The van der Waals surface area contributed by atoms with E-state index < -0.39 is 6.17 Å². The van der Waals surface area contributed by atoms with Gasteiger partial charge < -0.3 is 0 Å². The van der Waals surface area contributed by atoms with Gasteiger partial charge in [-0.1, -0.05) is 51.8 Å². The molecule has 2 aromatic carbocycles. The number of hydrazone groups is 1. The van der Waals surface area contributed by atoms with Crippen LogP contribution in [0.1, 0.15) is 24.2 Å². The number of nitrogens with zero attached hydrogens (tertiary/aromatic N) is 3. The Labute approximate surface area is 159 Å². The smallest absolute Gasteiger partial charge is 0.241 e. The predicted molar refractivity (Wildman–Crippen MR) is 101 cm³/mol. The number of hydroxylamine groups is 2. The number of benzene rings is 2. The molecule has 5 nitrogen and oxygen atoms in total. The molecule has 0 spiro atoms. The number of hydrogen-bond donors (Lipinski definition) is 0. The molecule has 0 aliphatic carbocycles. The molecule has 7 heteroatoms. The standard InChI is InChI=1S/C18H17BrClN3O2/c1-12(24)23-18(13-6-8-15(19)9-7-13)22(2)25-11-17(21-23)14-4-3-5-16(20)10-14/h3-10,18H,11H2,1-2H3/t18-/m1/s1. The number of rotatable bonds is 2. The Morgan fingerprint density at radius 3 is 2.64 bits per heavy atom. The lowest BCUT2D eigenvalue weighted by atomic mass is 10.1. The van der Waals surface area contributed by atoms with Crippen molar-refractivity contribution in [3.05, 3.63) is 69.2 Å². The van der Waals surface area contributed by atoms with Crippen molar-refractivity contribution in [1.82, 2.24) is 10.1 Å². The van der Waals surface area contributed by atoms with E-state index in [0.29, 0.717) is 10.7 Å². The van der Waals surface area contributed by atoms with E-state index in [1.165, 1.54) is 11.9 Å². The summed E-state index contributed by atoms with van der Waals surface area (Å²) >= 11 is 9.51. The Bertz CT molecular complexity index is 810. The number of halogens is 2. The van der Waals surface area contributed by atoms with Gasteiger partial charge in [-0.3, -0.25) is 9.63 Å². The maximum atomic E-state index is 12.3. The first-order chi connectivity index (χ1) is 12.0. The van der Waals surface area contributed by atoms with Crippen LogP contribution < -0.4 is 0 Å². The predicted octanol–water partition coefficient (Wildman–Crippen LogP) is 4.23. The van der Waals surface area contributed by atoms with Crippen molar-refractivity contribution in [3.8, 4) is 0 Å². The molecule has 130 valence electrons. The lowest BCUT2D eigenvalue weighted by molar-refractivity contribution is -0.191. The first-order valence-corrected chi connectivity index (χ1v) is 8.87. The van der Waals surface area contributed by atoms with E-state index in [-0.39, 0.29) is 12.5 Å². The molecule has 1 aliphatic rings. The molecular weight excluding hydrogens is 406 g/mol. The van der Waals surface area contributed by atoms with Crippen molar-refractivity contribution < 1.29 is 9.63 Å². The summed E-state index contributed by atoms with van der Waals surface area (Å²) in [4.78, 5) is 18.1. The molecule has 0 saturated heterocycles. The Hall–Kier alpha value is -1.73. The summed E-state index contributed by atoms with van der Waals surface area (Å²) in [6, 6.07) is 15.1. The van der Waals surface area contributed by atoms with E-state index in [9.17, 15) is 4.79 Å². The first-order valence-electron chi connectivity index (χ1n) is 7.70. The Balaban J connectivity index is 2.04. The lowest BCUT2D eigenvalue weighted by Crippen LogP contribution is -2.37. The molecule has 25 heavy (non-hydrogen) atoms. The summed E-state index contributed by atoms with van der Waals surface area (Å²) in [6.07, 6.45) is -0.456. The van der Waals surface area contributed by atoms with E-state index >= 15 is 0 Å². The zero-order valence-corrected chi connectivity index (χ0v) is 16.2. The minimum Gasteiger partial charge on any atom is -0.290 e. The fraction of sp³-hybridized carbons (Fsp3) is 0.222. The summed E-state index contributed by atoms with van der Waals surface area (Å²) in [7, 11) is 1.79. The molecule has 1 heterocycles. The molecule has 0 aromatic heterocycles. The van der Waals surface area contributed by atoms with Crippen LogP contribution in [0.4, 0.5) is 0 Å². The van der Waals surface area contributed by atoms with Gasteiger partial charge in [0.2, 0.25) is 5.91 Å². The molecule has 1 aliphatic heterocycles. The molecule has 0 fully saturated rings. The van der Waals surface area contributed by atoms with E-state index in [4.69, 9.17) is 16.4 Å². The van der Waals surface area contributed by atoms with Gasteiger partial charge in [0, 0.05) is 29.0 Å². The number of amides is 1. The molecular formula is C18H17BrClN3O2. The van der Waals surface area contributed by atoms with E-state index in [2.05, 4.69) is 21.0 Å². The van der Waals surface area contributed by atoms with Crippen LogP contribution in [0.2, 0.25) is 5.02 Å². The van der Waals surface area contributed by atoms with Crippen LogP contribution in [0.3, 0.4) is 0 Å². The van der Waals surface area contributed by atoms with Gasteiger partial charge in [-0.25, -0.2) is 5.01 Å². The monoisotopic (exact) mass is 421 g/mol. The maximum Gasteiger partial charge on any atom is 0.241 e. The second kappa shape index (κ2) is 7.66. The van der Waals surface area contributed by atoms with Crippen LogP contribution in [-0.4, -0.2) is 35.3 Å². The van der Waals surface area contributed by atoms with Crippen LogP contribution in [0.15, 0.2) is 58.1 Å². The van der Waals surface area contributed by atoms with Gasteiger partial charge in [-0.15, -0.1) is 0 Å². The average molecular weight is 423 g/mol. The molecule has 0 N–H and O–H groups in total. The third-order valence-corrected chi connectivity index (χ3v) is 4.62. The number of carbonyl (C=O) groups excluding carboxylic acids is 1. The maximum absolute atomic E-state index is 12.3. The SMILES string of the molecule is CC(=O)N1N=C(c2cccc(Cl)c2)CON(C)[C@H]1c1ccc(Br)cc1. The lowest BCUT2D eigenvalue weighted by Gasteiger charge is -2.31. The molecule has 0 radical (unpaired) electrons. The molecule has 1 atom stereocenters. The van der Waals surface area contributed by atoms with Crippen molar-refractivity contribution in [2.24, 2.45) is 5.10 Å².